The van der Waals surface area contributed by atoms with Crippen LogP contribution in [0, 0.1) is 20.8 Å². The fourth-order valence-electron chi connectivity index (χ4n) is 1.86. The van der Waals surface area contributed by atoms with Crippen LogP contribution in [0.25, 0.3) is 0 Å². The van der Waals surface area contributed by atoms with Gasteiger partial charge in [-0.15, -0.1) is 11.8 Å². The second kappa shape index (κ2) is 5.27. The molecule has 1 fully saturated rings. The summed E-state index contributed by atoms with van der Waals surface area (Å²) in [6.45, 7) is 7.45. The summed E-state index contributed by atoms with van der Waals surface area (Å²) < 4.78 is 0. The topological polar surface area (TPSA) is 15.3 Å². The number of hydrogen-bond acceptors (Lipinski definition) is 2. The van der Waals surface area contributed by atoms with Gasteiger partial charge in [0.15, 0.2) is 5.11 Å². The van der Waals surface area contributed by atoms with Crippen LogP contribution in [0.1, 0.15) is 16.7 Å². The highest BCUT2D eigenvalue weighted by molar-refractivity contribution is 7.99. The van der Waals surface area contributed by atoms with Crippen LogP contribution in [0.3, 0.4) is 0 Å². The van der Waals surface area contributed by atoms with Crippen LogP contribution < -0.4 is 5.32 Å². The molecule has 0 saturated carbocycles. The molecule has 0 atom stereocenters. The van der Waals surface area contributed by atoms with E-state index in [-0.39, 0.29) is 0 Å². The Morgan fingerprint density at radius 1 is 1.24 bits per heavy atom. The zero-order valence-electron chi connectivity index (χ0n) is 10.5. The highest BCUT2D eigenvalue weighted by Gasteiger charge is 2.15. The first kappa shape index (κ1) is 12.7. The third-order valence-electron chi connectivity index (χ3n) is 3.12. The highest BCUT2D eigenvalue weighted by Crippen LogP contribution is 2.21. The van der Waals surface area contributed by atoms with Gasteiger partial charge in [-0.25, -0.2) is 0 Å². The average Bonchev–Trinajstić information content (AvgIpc) is 2.79. The molecule has 0 aliphatic carbocycles. The molecular weight excluding hydrogens is 248 g/mol. The lowest BCUT2D eigenvalue weighted by atomic mass is 10.1. The Labute approximate surface area is 113 Å². The van der Waals surface area contributed by atoms with E-state index in [1.807, 2.05) is 11.8 Å². The minimum absolute atomic E-state index is 0.848. The molecule has 4 heteroatoms. The van der Waals surface area contributed by atoms with Crippen molar-refractivity contribution >= 4 is 34.8 Å². The number of nitrogens with zero attached hydrogens (tertiary/aromatic N) is 1. The normalized spacial score (nSPS) is 15.1. The minimum atomic E-state index is 0.848. The van der Waals surface area contributed by atoms with Crippen LogP contribution in [0.5, 0.6) is 0 Å². The number of anilines is 1. The van der Waals surface area contributed by atoms with E-state index < -0.39 is 0 Å². The Hall–Kier alpha value is -0.740. The van der Waals surface area contributed by atoms with E-state index in [2.05, 4.69) is 43.1 Å². The summed E-state index contributed by atoms with van der Waals surface area (Å²) in [5, 5.41) is 4.21. The van der Waals surface area contributed by atoms with E-state index in [1.54, 1.807) is 0 Å². The molecule has 1 aromatic carbocycles. The number of benzene rings is 1. The van der Waals surface area contributed by atoms with E-state index in [9.17, 15) is 0 Å². The molecule has 0 unspecified atom stereocenters. The predicted octanol–water partition coefficient (Wildman–Crippen LogP) is 3.31. The van der Waals surface area contributed by atoms with E-state index in [0.717, 1.165) is 23.2 Å². The van der Waals surface area contributed by atoms with Crippen LogP contribution in [-0.4, -0.2) is 28.2 Å². The summed E-state index contributed by atoms with van der Waals surface area (Å²) >= 11 is 7.36. The standard InChI is InChI=1S/C13H18N2S2/c1-9-6-11(3)12(7-10(9)2)14-13(16)15-4-5-17-8-15/h6-7H,4-5,8H2,1-3H3,(H,14,16). The molecule has 2 rings (SSSR count). The Balaban J connectivity index is 2.12. The summed E-state index contributed by atoms with van der Waals surface area (Å²) in [6.07, 6.45) is 0. The van der Waals surface area contributed by atoms with Crippen LogP contribution >= 0.6 is 24.0 Å². The SMILES string of the molecule is Cc1cc(C)c(NC(=S)N2CCSC2)cc1C. The van der Waals surface area contributed by atoms with Crippen LogP contribution in [0.15, 0.2) is 12.1 Å². The van der Waals surface area contributed by atoms with Crippen molar-refractivity contribution in [2.45, 2.75) is 20.8 Å². The molecule has 1 aromatic rings. The van der Waals surface area contributed by atoms with E-state index in [4.69, 9.17) is 12.2 Å². The van der Waals surface area contributed by atoms with Gasteiger partial charge in [-0.1, -0.05) is 6.07 Å². The maximum Gasteiger partial charge on any atom is 0.174 e. The molecular formula is C13H18N2S2. The van der Waals surface area contributed by atoms with Gasteiger partial charge >= 0.3 is 0 Å². The van der Waals surface area contributed by atoms with E-state index in [0.29, 0.717) is 0 Å². The predicted molar refractivity (Wildman–Crippen MR) is 80.9 cm³/mol. The van der Waals surface area contributed by atoms with Crippen molar-refractivity contribution in [3.63, 3.8) is 0 Å². The van der Waals surface area contributed by atoms with Crippen LogP contribution in [-0.2, 0) is 0 Å². The van der Waals surface area contributed by atoms with Crippen molar-refractivity contribution in [1.82, 2.24) is 4.90 Å². The van der Waals surface area contributed by atoms with Gasteiger partial charge in [0.05, 0.1) is 5.88 Å². The maximum atomic E-state index is 5.43. The van der Waals surface area contributed by atoms with Crippen LogP contribution in [0.4, 0.5) is 5.69 Å². The summed E-state index contributed by atoms with van der Waals surface area (Å²) in [5.74, 6) is 2.18. The molecule has 1 saturated heterocycles. The molecule has 1 heterocycles. The highest BCUT2D eigenvalue weighted by atomic mass is 32.2. The molecule has 0 radical (unpaired) electrons. The summed E-state index contributed by atoms with van der Waals surface area (Å²) in [4.78, 5) is 2.22. The number of hydrogen-bond donors (Lipinski definition) is 1. The third kappa shape index (κ3) is 2.93. The van der Waals surface area contributed by atoms with Gasteiger partial charge in [0.1, 0.15) is 0 Å². The minimum Gasteiger partial charge on any atom is -0.339 e. The maximum absolute atomic E-state index is 5.43. The fraction of sp³-hybridized carbons (Fsp3) is 0.462. The monoisotopic (exact) mass is 266 g/mol. The second-order valence-electron chi connectivity index (χ2n) is 4.48. The van der Waals surface area contributed by atoms with Gasteiger partial charge in [-0.3, -0.25) is 0 Å². The number of rotatable bonds is 1. The summed E-state index contributed by atoms with van der Waals surface area (Å²) in [6, 6.07) is 4.39. The van der Waals surface area contributed by atoms with Gasteiger partial charge in [0.25, 0.3) is 0 Å². The Morgan fingerprint density at radius 2 is 1.94 bits per heavy atom. The first-order valence-electron chi connectivity index (χ1n) is 5.79. The zero-order valence-corrected chi connectivity index (χ0v) is 12.2. The van der Waals surface area contributed by atoms with Gasteiger partial charge in [0, 0.05) is 18.0 Å². The lowest BCUT2D eigenvalue weighted by molar-refractivity contribution is 0.552. The summed E-state index contributed by atoms with van der Waals surface area (Å²) in [5.41, 5.74) is 5.02. The van der Waals surface area contributed by atoms with Crippen molar-refractivity contribution in [1.29, 1.82) is 0 Å². The lowest BCUT2D eigenvalue weighted by Crippen LogP contribution is -2.32. The summed E-state index contributed by atoms with van der Waals surface area (Å²) in [7, 11) is 0. The first-order chi connectivity index (χ1) is 8.08. The lowest BCUT2D eigenvalue weighted by Gasteiger charge is -2.20. The smallest absolute Gasteiger partial charge is 0.174 e. The largest absolute Gasteiger partial charge is 0.339 e. The van der Waals surface area contributed by atoms with Gasteiger partial charge in [-0.05, 0) is 55.7 Å². The average molecular weight is 266 g/mol. The Kier molecular flexibility index (Phi) is 3.94. The number of nitrogens with one attached hydrogen (secondary N) is 1. The van der Waals surface area contributed by atoms with Gasteiger partial charge < -0.3 is 10.2 Å². The second-order valence-corrected chi connectivity index (χ2v) is 5.94. The molecule has 92 valence electrons. The fourth-order valence-corrected chi connectivity index (χ4v) is 3.17. The van der Waals surface area contributed by atoms with Crippen molar-refractivity contribution in [2.75, 3.05) is 23.5 Å². The number of thiocarbonyl (C=S) groups is 1. The molecule has 0 spiro atoms. The molecule has 0 amide bonds. The molecule has 1 aliphatic rings. The number of aryl methyl sites for hydroxylation is 3. The molecule has 0 bridgehead atoms. The molecule has 0 aromatic heterocycles. The van der Waals surface area contributed by atoms with E-state index in [1.165, 1.54) is 22.4 Å². The Bertz CT molecular complexity index is 437. The molecule has 2 nitrogen and oxygen atoms in total. The number of thioether (sulfide) groups is 1. The van der Waals surface area contributed by atoms with Gasteiger partial charge in [0.2, 0.25) is 0 Å². The zero-order chi connectivity index (χ0) is 12.4. The molecule has 1 N–H and O–H groups in total. The van der Waals surface area contributed by atoms with Crippen molar-refractivity contribution in [3.05, 3.63) is 28.8 Å². The van der Waals surface area contributed by atoms with Gasteiger partial charge in [-0.2, -0.15) is 0 Å². The first-order valence-corrected chi connectivity index (χ1v) is 7.36. The van der Waals surface area contributed by atoms with Crippen molar-refractivity contribution < 1.29 is 0 Å². The Morgan fingerprint density at radius 3 is 2.59 bits per heavy atom. The van der Waals surface area contributed by atoms with Crippen molar-refractivity contribution in [2.24, 2.45) is 0 Å². The van der Waals surface area contributed by atoms with E-state index >= 15 is 0 Å². The molecule has 1 aliphatic heterocycles. The van der Waals surface area contributed by atoms with Crippen molar-refractivity contribution in [3.8, 4) is 0 Å². The quantitative estimate of drug-likeness (QED) is 0.784. The third-order valence-corrected chi connectivity index (χ3v) is 4.45. The van der Waals surface area contributed by atoms with Crippen LogP contribution in [0.2, 0.25) is 0 Å². The molecule has 17 heavy (non-hydrogen) atoms.